The Hall–Kier alpha value is -1.92. The van der Waals surface area contributed by atoms with Crippen LogP contribution in [0.5, 0.6) is 0 Å². The number of carbonyl (C=O) groups excluding carboxylic acids is 4. The minimum Gasteiger partial charge on any atom is -0.477 e. The lowest BCUT2D eigenvalue weighted by Crippen LogP contribution is -2.48. The molecule has 4 N–H and O–H groups in total. The molecule has 4 atom stereocenters. The fraction of sp³-hybridized carbons (Fsp3) is 0.868. The first-order valence-corrected chi connectivity index (χ1v) is 22.4. The first-order valence-electron chi connectivity index (χ1n) is 19.8. The SMILES string of the molecule is CCC(C)(CC(C)(CC(C)(C)C(=O)OCCOP(=O)(O)OCC[N+](C)(C)C)C(=O)OCCNC(=O)CCCCC(S)CCS)C(=O)NCCC[N+](C)(C)CC(=O)O. The number of carbonyl (C=O) groups is 5. The largest absolute Gasteiger partial charge is 0.477 e. The molecule has 16 nitrogen and oxygen atoms in total. The maximum absolute atomic E-state index is 14.0. The van der Waals surface area contributed by atoms with Crippen LogP contribution in [0.4, 0.5) is 0 Å². The van der Waals surface area contributed by atoms with Gasteiger partial charge in [-0.15, -0.1) is 0 Å². The molecular formula is C38H75N4O12PS2+2. The third-order valence-electron chi connectivity index (χ3n) is 9.67. The second kappa shape index (κ2) is 25.6. The van der Waals surface area contributed by atoms with Gasteiger partial charge in [0.05, 0.1) is 65.8 Å². The number of hydrogen-bond donors (Lipinski definition) is 6. The molecule has 0 aromatic rings. The zero-order chi connectivity index (χ0) is 44.1. The number of nitrogens with one attached hydrogen (secondary N) is 2. The number of nitrogens with zero attached hydrogens (tertiary/aromatic N) is 2. The van der Waals surface area contributed by atoms with Gasteiger partial charge in [0.2, 0.25) is 11.8 Å². The van der Waals surface area contributed by atoms with Crippen molar-refractivity contribution in [3.63, 3.8) is 0 Å². The summed E-state index contributed by atoms with van der Waals surface area (Å²) in [6.45, 7) is 8.81. The molecule has 4 unspecified atom stereocenters. The van der Waals surface area contributed by atoms with E-state index in [-0.39, 0.29) is 67.3 Å². The number of thiol groups is 2. The fourth-order valence-electron chi connectivity index (χ4n) is 6.35. The van der Waals surface area contributed by atoms with E-state index in [1.54, 1.807) is 41.8 Å². The number of esters is 2. The molecule has 0 fully saturated rings. The van der Waals surface area contributed by atoms with Gasteiger partial charge in [-0.1, -0.05) is 20.3 Å². The number of rotatable bonds is 32. The van der Waals surface area contributed by atoms with Crippen LogP contribution in [0.15, 0.2) is 0 Å². The maximum Gasteiger partial charge on any atom is 0.472 e. The van der Waals surface area contributed by atoms with E-state index < -0.39 is 48.6 Å². The van der Waals surface area contributed by atoms with Crippen molar-refractivity contribution >= 4 is 62.8 Å². The molecule has 57 heavy (non-hydrogen) atoms. The maximum atomic E-state index is 14.0. The Morgan fingerprint density at radius 2 is 1.39 bits per heavy atom. The predicted octanol–water partition coefficient (Wildman–Crippen LogP) is 4.10. The number of likely N-dealkylation sites (N-methyl/N-ethyl adjacent to an activating group) is 2. The number of aliphatic carboxylic acids is 1. The van der Waals surface area contributed by atoms with E-state index in [0.29, 0.717) is 49.8 Å². The van der Waals surface area contributed by atoms with Gasteiger partial charge in [0, 0.05) is 30.1 Å². The van der Waals surface area contributed by atoms with Gasteiger partial charge in [-0.05, 0) is 65.0 Å². The molecule has 0 spiro atoms. The molecule has 0 saturated heterocycles. The number of phosphoric ester groups is 1. The van der Waals surface area contributed by atoms with Crippen LogP contribution in [0.1, 0.15) is 92.4 Å². The quantitative estimate of drug-likeness (QED) is 0.0186. The number of carboxylic acids is 1. The summed E-state index contributed by atoms with van der Waals surface area (Å²) in [6, 6.07) is 0. The van der Waals surface area contributed by atoms with Crippen molar-refractivity contribution in [2.24, 2.45) is 16.2 Å². The lowest BCUT2D eigenvalue weighted by molar-refractivity contribution is -0.883. The van der Waals surface area contributed by atoms with Crippen LogP contribution in [0, 0.1) is 16.2 Å². The average molecular weight is 875 g/mol. The van der Waals surface area contributed by atoms with Crippen LogP contribution in [0.25, 0.3) is 0 Å². The van der Waals surface area contributed by atoms with Gasteiger partial charge in [0.25, 0.3) is 0 Å². The number of phosphoric acid groups is 1. The third kappa shape index (κ3) is 24.7. The normalized spacial score (nSPS) is 16.0. The van der Waals surface area contributed by atoms with Gasteiger partial charge in [-0.3, -0.25) is 28.2 Å². The van der Waals surface area contributed by atoms with Crippen LogP contribution in [0.2, 0.25) is 0 Å². The molecule has 0 aromatic heterocycles. The van der Waals surface area contributed by atoms with E-state index in [1.807, 2.05) is 28.1 Å². The highest BCUT2D eigenvalue weighted by Gasteiger charge is 2.49. The van der Waals surface area contributed by atoms with Gasteiger partial charge in [0.1, 0.15) is 26.4 Å². The molecule has 0 bridgehead atoms. The van der Waals surface area contributed by atoms with Crippen LogP contribution < -0.4 is 10.6 Å². The molecule has 2 amide bonds. The van der Waals surface area contributed by atoms with Crippen molar-refractivity contribution in [3.05, 3.63) is 0 Å². The Bertz CT molecular complexity index is 1330. The summed E-state index contributed by atoms with van der Waals surface area (Å²) in [5, 5.41) is 15.2. The van der Waals surface area contributed by atoms with E-state index in [2.05, 4.69) is 35.9 Å². The molecule has 0 rings (SSSR count). The van der Waals surface area contributed by atoms with Crippen molar-refractivity contribution < 1.29 is 66.0 Å². The highest BCUT2D eigenvalue weighted by molar-refractivity contribution is 7.81. The number of carboxylic acid groups (broad SMARTS) is 1. The summed E-state index contributed by atoms with van der Waals surface area (Å²) in [7, 11) is 4.93. The molecule has 0 radical (unpaired) electrons. The lowest BCUT2D eigenvalue weighted by atomic mass is 9.64. The third-order valence-corrected chi connectivity index (χ3v) is 11.5. The van der Waals surface area contributed by atoms with Crippen LogP contribution >= 0.6 is 33.1 Å². The van der Waals surface area contributed by atoms with E-state index in [0.717, 1.165) is 25.0 Å². The molecule has 334 valence electrons. The molecule has 0 aliphatic carbocycles. The van der Waals surface area contributed by atoms with E-state index in [9.17, 15) is 38.5 Å². The molecule has 0 aliphatic rings. The van der Waals surface area contributed by atoms with Crippen molar-refractivity contribution in [1.82, 2.24) is 10.6 Å². The van der Waals surface area contributed by atoms with Crippen LogP contribution in [-0.2, 0) is 47.1 Å². The Morgan fingerprint density at radius 1 is 0.772 bits per heavy atom. The van der Waals surface area contributed by atoms with Gasteiger partial charge < -0.3 is 39.1 Å². The first kappa shape index (κ1) is 55.1. The minimum absolute atomic E-state index is 0.00554. The molecule has 19 heteroatoms. The first-order chi connectivity index (χ1) is 26.1. The number of hydrogen-bond acceptors (Lipinski definition) is 12. The number of amides is 2. The van der Waals surface area contributed by atoms with Gasteiger partial charge in [0.15, 0.2) is 6.54 Å². The monoisotopic (exact) mass is 874 g/mol. The zero-order valence-electron chi connectivity index (χ0n) is 36.2. The molecule has 0 aromatic carbocycles. The second-order valence-corrected chi connectivity index (χ2v) is 20.3. The highest BCUT2D eigenvalue weighted by atomic mass is 32.1. The summed E-state index contributed by atoms with van der Waals surface area (Å²) >= 11 is 8.74. The van der Waals surface area contributed by atoms with Crippen molar-refractivity contribution in [3.8, 4) is 0 Å². The van der Waals surface area contributed by atoms with Gasteiger partial charge in [-0.2, -0.15) is 25.3 Å². The minimum atomic E-state index is -4.38. The van der Waals surface area contributed by atoms with Crippen LogP contribution in [-0.4, -0.2) is 154 Å². The zero-order valence-corrected chi connectivity index (χ0v) is 38.9. The smallest absolute Gasteiger partial charge is 0.472 e. The fourth-order valence-corrected chi connectivity index (χ4v) is 7.87. The van der Waals surface area contributed by atoms with Crippen molar-refractivity contribution in [1.29, 1.82) is 0 Å². The Morgan fingerprint density at radius 3 is 1.96 bits per heavy atom. The van der Waals surface area contributed by atoms with E-state index in [1.165, 1.54) is 0 Å². The van der Waals surface area contributed by atoms with Crippen LogP contribution in [0.3, 0.4) is 0 Å². The summed E-state index contributed by atoms with van der Waals surface area (Å²) in [4.78, 5) is 74.7. The molecular weight excluding hydrogens is 800 g/mol. The molecule has 0 heterocycles. The molecule has 0 aliphatic heterocycles. The summed E-state index contributed by atoms with van der Waals surface area (Å²) in [6.07, 6.45) is 4.47. The Kier molecular flexibility index (Phi) is 24.8. The Balaban J connectivity index is 5.74. The predicted molar refractivity (Wildman–Crippen MR) is 226 cm³/mol. The van der Waals surface area contributed by atoms with E-state index >= 15 is 0 Å². The number of quaternary nitrogens is 2. The standard InChI is InChI=1S/C38H73N4O12PS2/c1-11-37(4,33(46)40-18-14-20-42(9,10)27-32(44)45)29-38(5,35(48)51-22-19-39-31(43)16-13-12-15-30(57)17-26-56)28-36(2,3)34(47)52-24-25-54-55(49,50)53-23-21-41(6,7)8/h30H,11-29H2,1-10H3,(H4-2,39,40,43,44,45,46,49,50,56,57)/p+2. The average Bonchev–Trinajstić information content (AvgIpc) is 3.07. The van der Waals surface area contributed by atoms with Gasteiger partial charge in [-0.25, -0.2) is 9.36 Å². The summed E-state index contributed by atoms with van der Waals surface area (Å²) < 4.78 is 34.1. The van der Waals surface area contributed by atoms with Crippen molar-refractivity contribution in [2.75, 3.05) is 100 Å². The second-order valence-electron chi connectivity index (χ2n) is 17.7. The van der Waals surface area contributed by atoms with E-state index in [4.69, 9.17) is 18.5 Å². The number of unbranched alkanes of at least 4 members (excludes halogenated alkanes) is 1. The van der Waals surface area contributed by atoms with Crippen molar-refractivity contribution in [2.45, 2.75) is 97.7 Å². The number of ether oxygens (including phenoxy) is 2. The van der Waals surface area contributed by atoms with Gasteiger partial charge >= 0.3 is 25.7 Å². The molecule has 0 saturated carbocycles. The highest BCUT2D eigenvalue weighted by Crippen LogP contribution is 2.46. The lowest BCUT2D eigenvalue weighted by Gasteiger charge is -2.40. The topological polar surface area (TPSA) is 204 Å². The summed E-state index contributed by atoms with van der Waals surface area (Å²) in [5.74, 6) is -1.98. The Labute approximate surface area is 352 Å². The summed E-state index contributed by atoms with van der Waals surface area (Å²) in [5.41, 5.74) is -3.75.